The number of nitrogens with one attached hydrogen (secondary N) is 2. The first-order chi connectivity index (χ1) is 9.40. The van der Waals surface area contributed by atoms with Crippen molar-refractivity contribution >= 4 is 17.6 Å². The monoisotopic (exact) mass is 276 g/mol. The molecule has 1 aromatic heterocycles. The van der Waals surface area contributed by atoms with Gasteiger partial charge in [0.1, 0.15) is 11.6 Å². The van der Waals surface area contributed by atoms with Gasteiger partial charge in [-0.15, -0.1) is 0 Å². The smallest absolute Gasteiger partial charge is 0.223 e. The van der Waals surface area contributed by atoms with E-state index in [2.05, 4.69) is 46.3 Å². The van der Waals surface area contributed by atoms with Crippen molar-refractivity contribution in [2.24, 2.45) is 5.41 Å². The summed E-state index contributed by atoms with van der Waals surface area (Å²) < 4.78 is 0. The highest BCUT2D eigenvalue weighted by molar-refractivity contribution is 5.54. The molecule has 0 unspecified atom stereocenters. The molecule has 6 heteroatoms. The minimum atomic E-state index is 0.205. The van der Waals surface area contributed by atoms with Crippen LogP contribution in [0.4, 0.5) is 17.6 Å². The molecule has 1 aromatic rings. The summed E-state index contributed by atoms with van der Waals surface area (Å²) in [5.74, 6) is 2.11. The zero-order valence-corrected chi connectivity index (χ0v) is 12.5. The van der Waals surface area contributed by atoms with Gasteiger partial charge in [-0.05, 0) is 11.8 Å². The lowest BCUT2D eigenvalue weighted by Gasteiger charge is -2.29. The minimum absolute atomic E-state index is 0.205. The van der Waals surface area contributed by atoms with E-state index in [1.54, 1.807) is 0 Å². The summed E-state index contributed by atoms with van der Waals surface area (Å²) in [6.07, 6.45) is 1.20. The first-order valence-corrected chi connectivity index (χ1v) is 7.29. The molecule has 3 heterocycles. The Morgan fingerprint density at radius 3 is 2.85 bits per heavy atom. The van der Waals surface area contributed by atoms with Crippen LogP contribution in [0.25, 0.3) is 0 Å². The molecule has 0 radical (unpaired) electrons. The summed E-state index contributed by atoms with van der Waals surface area (Å²) in [5, 5.41) is 6.86. The maximum Gasteiger partial charge on any atom is 0.223 e. The van der Waals surface area contributed by atoms with Crippen molar-refractivity contribution < 1.29 is 0 Å². The van der Waals surface area contributed by atoms with E-state index in [0.29, 0.717) is 18.0 Å². The highest BCUT2D eigenvalue weighted by Gasteiger charge is 2.38. The fourth-order valence-electron chi connectivity index (χ4n) is 2.89. The molecule has 2 aliphatic rings. The molecule has 6 nitrogen and oxygen atoms in total. The summed E-state index contributed by atoms with van der Waals surface area (Å²) >= 11 is 0. The Hall–Kier alpha value is -1.56. The number of hydrogen-bond donors (Lipinski definition) is 3. The Morgan fingerprint density at radius 2 is 2.25 bits per heavy atom. The lowest BCUT2D eigenvalue weighted by atomic mass is 9.97. The molecule has 2 atom stereocenters. The fourth-order valence-corrected chi connectivity index (χ4v) is 2.89. The van der Waals surface area contributed by atoms with Crippen LogP contribution in [-0.2, 0) is 0 Å². The second-order valence-corrected chi connectivity index (χ2v) is 7.03. The summed E-state index contributed by atoms with van der Waals surface area (Å²) in [7, 11) is 0. The highest BCUT2D eigenvalue weighted by Crippen LogP contribution is 2.29. The lowest BCUT2D eigenvalue weighted by Crippen LogP contribution is -2.44. The van der Waals surface area contributed by atoms with Gasteiger partial charge < -0.3 is 21.3 Å². The van der Waals surface area contributed by atoms with Crippen LogP contribution >= 0.6 is 0 Å². The van der Waals surface area contributed by atoms with Crippen molar-refractivity contribution in [1.29, 1.82) is 0 Å². The van der Waals surface area contributed by atoms with Gasteiger partial charge in [-0.2, -0.15) is 9.97 Å². The largest absolute Gasteiger partial charge is 0.369 e. The topological polar surface area (TPSA) is 79.1 Å². The normalized spacial score (nSPS) is 25.2. The SMILES string of the molecule is CC(C)(C)CNc1cc(N2C[C@H]3C[C@@H]2CN3)nc(N)n1. The van der Waals surface area contributed by atoms with Crippen molar-refractivity contribution in [3.8, 4) is 0 Å². The van der Waals surface area contributed by atoms with Crippen LogP contribution in [0.5, 0.6) is 0 Å². The van der Waals surface area contributed by atoms with Crippen LogP contribution in [0, 0.1) is 5.41 Å². The van der Waals surface area contributed by atoms with Crippen LogP contribution in [0.2, 0.25) is 0 Å². The van der Waals surface area contributed by atoms with E-state index < -0.39 is 0 Å². The quantitative estimate of drug-likeness (QED) is 0.766. The number of piperazine rings is 1. The van der Waals surface area contributed by atoms with E-state index in [9.17, 15) is 0 Å². The Morgan fingerprint density at radius 1 is 1.45 bits per heavy atom. The number of nitrogen functional groups attached to an aromatic ring is 1. The van der Waals surface area contributed by atoms with Crippen LogP contribution in [0.3, 0.4) is 0 Å². The molecule has 3 rings (SSSR count). The zero-order chi connectivity index (χ0) is 14.3. The van der Waals surface area contributed by atoms with Crippen molar-refractivity contribution in [2.45, 2.75) is 39.3 Å². The number of nitrogens with zero attached hydrogens (tertiary/aromatic N) is 3. The zero-order valence-electron chi connectivity index (χ0n) is 12.5. The maximum absolute atomic E-state index is 5.86. The van der Waals surface area contributed by atoms with E-state index in [1.807, 2.05) is 6.07 Å². The maximum atomic E-state index is 5.86. The highest BCUT2D eigenvalue weighted by atomic mass is 15.3. The summed E-state index contributed by atoms with van der Waals surface area (Å²) in [6.45, 7) is 9.49. The molecule has 0 spiro atoms. The number of nitrogens with two attached hydrogens (primary N) is 1. The van der Waals surface area contributed by atoms with Gasteiger partial charge in [0, 0.05) is 37.8 Å². The van der Waals surface area contributed by atoms with Crippen LogP contribution < -0.4 is 21.3 Å². The van der Waals surface area contributed by atoms with E-state index >= 15 is 0 Å². The van der Waals surface area contributed by atoms with E-state index in [0.717, 1.165) is 31.3 Å². The molecule has 110 valence electrons. The van der Waals surface area contributed by atoms with Gasteiger partial charge in [0.15, 0.2) is 0 Å². The second kappa shape index (κ2) is 4.77. The van der Waals surface area contributed by atoms with Crippen LogP contribution in [0.1, 0.15) is 27.2 Å². The molecule has 2 bridgehead atoms. The van der Waals surface area contributed by atoms with Gasteiger partial charge in [0.05, 0.1) is 0 Å². The van der Waals surface area contributed by atoms with Crippen molar-refractivity contribution in [3.63, 3.8) is 0 Å². The van der Waals surface area contributed by atoms with E-state index in [-0.39, 0.29) is 5.41 Å². The van der Waals surface area contributed by atoms with Gasteiger partial charge in [-0.1, -0.05) is 20.8 Å². The molecular weight excluding hydrogens is 252 g/mol. The summed E-state index contributed by atoms with van der Waals surface area (Å²) in [5.41, 5.74) is 6.06. The standard InChI is InChI=1S/C14H24N6/c1-14(2,3)8-17-11-5-12(19-13(15)18-11)20-7-9-4-10(20)6-16-9/h5,9-10,16H,4,6-8H2,1-3H3,(H3,15,17,18,19)/t9-,10-/m1/s1. The number of hydrogen-bond acceptors (Lipinski definition) is 6. The summed E-state index contributed by atoms with van der Waals surface area (Å²) in [6, 6.07) is 3.16. The fraction of sp³-hybridized carbons (Fsp3) is 0.714. The molecule has 2 fully saturated rings. The number of rotatable bonds is 3. The Balaban J connectivity index is 1.77. The van der Waals surface area contributed by atoms with Gasteiger partial charge in [-0.3, -0.25) is 0 Å². The van der Waals surface area contributed by atoms with Crippen LogP contribution in [-0.4, -0.2) is 41.7 Å². The van der Waals surface area contributed by atoms with Gasteiger partial charge in [0.25, 0.3) is 0 Å². The first kappa shape index (κ1) is 13.4. The molecule has 0 aliphatic carbocycles. The average molecular weight is 276 g/mol. The van der Waals surface area contributed by atoms with Crippen LogP contribution in [0.15, 0.2) is 6.07 Å². The molecular formula is C14H24N6. The molecule has 0 amide bonds. The average Bonchev–Trinajstić information content (AvgIpc) is 2.97. The van der Waals surface area contributed by atoms with Gasteiger partial charge in [-0.25, -0.2) is 0 Å². The number of anilines is 3. The molecule has 4 N–H and O–H groups in total. The Labute approximate surface area is 120 Å². The third kappa shape index (κ3) is 2.80. The Bertz CT molecular complexity index is 495. The predicted molar refractivity (Wildman–Crippen MR) is 81.9 cm³/mol. The molecule has 0 saturated carbocycles. The Kier molecular flexibility index (Phi) is 3.20. The third-order valence-electron chi connectivity index (χ3n) is 3.88. The molecule has 2 saturated heterocycles. The minimum Gasteiger partial charge on any atom is -0.369 e. The molecule has 20 heavy (non-hydrogen) atoms. The van der Waals surface area contributed by atoms with Gasteiger partial charge >= 0.3 is 0 Å². The first-order valence-electron chi connectivity index (χ1n) is 7.29. The van der Waals surface area contributed by atoms with Crippen molar-refractivity contribution in [2.75, 3.05) is 35.6 Å². The molecule has 2 aliphatic heterocycles. The number of aromatic nitrogens is 2. The van der Waals surface area contributed by atoms with E-state index in [1.165, 1.54) is 6.42 Å². The second-order valence-electron chi connectivity index (χ2n) is 7.03. The summed E-state index contributed by atoms with van der Waals surface area (Å²) in [4.78, 5) is 11.0. The number of fused-ring (bicyclic) bond motifs is 2. The van der Waals surface area contributed by atoms with Gasteiger partial charge in [0.2, 0.25) is 5.95 Å². The lowest BCUT2D eigenvalue weighted by molar-refractivity contribution is 0.442. The third-order valence-corrected chi connectivity index (χ3v) is 3.88. The molecule has 0 aromatic carbocycles. The van der Waals surface area contributed by atoms with E-state index in [4.69, 9.17) is 5.73 Å². The van der Waals surface area contributed by atoms with Crippen molar-refractivity contribution in [3.05, 3.63) is 6.07 Å². The predicted octanol–water partition coefficient (Wildman–Crippen LogP) is 1.07. The van der Waals surface area contributed by atoms with Crippen molar-refractivity contribution in [1.82, 2.24) is 15.3 Å².